The zero-order valence-electron chi connectivity index (χ0n) is 10.8. The molecule has 1 aromatic rings. The molecular weight excluding hydrogens is 331 g/mol. The summed E-state index contributed by atoms with van der Waals surface area (Å²) in [5.74, 6) is -1.75. The molecule has 2 rings (SSSR count). The maximum absolute atomic E-state index is 13.5. The van der Waals surface area contributed by atoms with Gasteiger partial charge in [0.15, 0.2) is 0 Å². The zero-order chi connectivity index (χ0) is 14.9. The van der Waals surface area contributed by atoms with Gasteiger partial charge in [-0.15, -0.1) is 0 Å². The number of esters is 1. The Morgan fingerprint density at radius 1 is 1.50 bits per heavy atom. The van der Waals surface area contributed by atoms with Crippen LogP contribution in [0.5, 0.6) is 0 Å². The first kappa shape index (κ1) is 14.8. The molecule has 3 N–H and O–H groups in total. The van der Waals surface area contributed by atoms with Crippen molar-refractivity contribution in [3.8, 4) is 0 Å². The predicted molar refractivity (Wildman–Crippen MR) is 74.4 cm³/mol. The van der Waals surface area contributed by atoms with Crippen LogP contribution in [-0.2, 0) is 14.3 Å². The quantitative estimate of drug-likeness (QED) is 0.816. The van der Waals surface area contributed by atoms with Crippen LogP contribution in [0, 0.1) is 11.7 Å². The molecule has 0 heterocycles. The summed E-state index contributed by atoms with van der Waals surface area (Å²) in [5, 5.41) is 2.93. The number of nitrogens with one attached hydrogen (secondary N) is 1. The molecule has 0 aromatic heterocycles. The van der Waals surface area contributed by atoms with Crippen LogP contribution in [0.2, 0.25) is 0 Å². The lowest BCUT2D eigenvalue weighted by Crippen LogP contribution is -2.61. The molecule has 108 valence electrons. The van der Waals surface area contributed by atoms with Crippen molar-refractivity contribution in [3.05, 3.63) is 28.5 Å². The summed E-state index contributed by atoms with van der Waals surface area (Å²) in [6.07, 6.45) is 0.485. The molecule has 1 aliphatic carbocycles. The van der Waals surface area contributed by atoms with E-state index in [1.807, 2.05) is 0 Å². The van der Waals surface area contributed by atoms with Gasteiger partial charge in [0.2, 0.25) is 5.91 Å². The fourth-order valence-electron chi connectivity index (χ4n) is 2.33. The third-order valence-electron chi connectivity index (χ3n) is 3.50. The number of carbonyl (C=O) groups excluding carboxylic acids is 2. The van der Waals surface area contributed by atoms with Gasteiger partial charge in [-0.25, -0.2) is 4.39 Å². The topological polar surface area (TPSA) is 81.4 Å². The van der Waals surface area contributed by atoms with Gasteiger partial charge in [-0.05, 0) is 47.0 Å². The van der Waals surface area contributed by atoms with Crippen LogP contribution in [0.4, 0.5) is 10.1 Å². The number of rotatable bonds is 4. The van der Waals surface area contributed by atoms with Crippen molar-refractivity contribution in [1.82, 2.24) is 0 Å². The Morgan fingerprint density at radius 3 is 2.65 bits per heavy atom. The molecule has 7 heteroatoms. The van der Waals surface area contributed by atoms with E-state index in [9.17, 15) is 14.0 Å². The Hall–Kier alpha value is -1.63. The first-order valence-electron chi connectivity index (χ1n) is 5.99. The number of amides is 1. The third-order valence-corrected chi connectivity index (χ3v) is 4.14. The molecule has 1 amide bonds. The van der Waals surface area contributed by atoms with Crippen LogP contribution in [0.3, 0.4) is 0 Å². The highest BCUT2D eigenvalue weighted by molar-refractivity contribution is 9.10. The molecule has 0 radical (unpaired) electrons. The fourth-order valence-corrected chi connectivity index (χ4v) is 2.58. The minimum Gasteiger partial charge on any atom is -0.469 e. The molecule has 1 saturated carbocycles. The van der Waals surface area contributed by atoms with Crippen LogP contribution in [0.25, 0.3) is 0 Å². The van der Waals surface area contributed by atoms with Gasteiger partial charge in [-0.2, -0.15) is 0 Å². The van der Waals surface area contributed by atoms with Crippen molar-refractivity contribution in [3.63, 3.8) is 0 Å². The van der Waals surface area contributed by atoms with E-state index in [0.29, 0.717) is 10.2 Å². The maximum atomic E-state index is 13.5. The molecule has 1 aliphatic rings. The van der Waals surface area contributed by atoms with Gasteiger partial charge in [0.25, 0.3) is 0 Å². The average Bonchev–Trinajstić information content (AvgIpc) is 2.36. The standard InChI is InChI=1S/C13H14BrFN2O3/c1-20-11(18)7-5-13(6-7,12(16)19)17-8-2-3-9(14)10(15)4-8/h2-4,7,17H,5-6H2,1H3,(H2,16,19). The van der Waals surface area contributed by atoms with E-state index in [0.717, 1.165) is 0 Å². The Morgan fingerprint density at radius 2 is 2.15 bits per heavy atom. The molecule has 1 fully saturated rings. The summed E-state index contributed by atoms with van der Waals surface area (Å²) < 4.78 is 18.4. The van der Waals surface area contributed by atoms with Crippen LogP contribution in [0.1, 0.15) is 12.8 Å². The SMILES string of the molecule is COC(=O)C1CC(Nc2ccc(Br)c(F)c2)(C(N)=O)C1. The van der Waals surface area contributed by atoms with Gasteiger partial charge in [0, 0.05) is 5.69 Å². The summed E-state index contributed by atoms with van der Waals surface area (Å²) in [6, 6.07) is 4.42. The average molecular weight is 345 g/mol. The lowest BCUT2D eigenvalue weighted by Gasteiger charge is -2.44. The number of hydrogen-bond donors (Lipinski definition) is 2. The highest BCUT2D eigenvalue weighted by atomic mass is 79.9. The highest BCUT2D eigenvalue weighted by Crippen LogP contribution is 2.41. The smallest absolute Gasteiger partial charge is 0.308 e. The number of primary amides is 1. The number of carbonyl (C=O) groups is 2. The second kappa shape index (κ2) is 5.40. The Balaban J connectivity index is 2.14. The van der Waals surface area contributed by atoms with E-state index < -0.39 is 17.3 Å². The van der Waals surface area contributed by atoms with E-state index >= 15 is 0 Å². The van der Waals surface area contributed by atoms with Crippen molar-refractivity contribution in [2.24, 2.45) is 11.7 Å². The zero-order valence-corrected chi connectivity index (χ0v) is 12.4. The fraction of sp³-hybridized carbons (Fsp3) is 0.385. The number of methoxy groups -OCH3 is 1. The summed E-state index contributed by atoms with van der Waals surface area (Å²) in [6.45, 7) is 0. The number of nitrogens with two attached hydrogens (primary N) is 1. The second-order valence-corrected chi connectivity index (χ2v) is 5.68. The number of benzene rings is 1. The normalized spacial score (nSPS) is 24.6. The first-order chi connectivity index (χ1) is 9.38. The van der Waals surface area contributed by atoms with Gasteiger partial charge < -0.3 is 15.8 Å². The molecule has 0 aliphatic heterocycles. The minimum absolute atomic E-state index is 0.243. The molecule has 20 heavy (non-hydrogen) atoms. The highest BCUT2D eigenvalue weighted by Gasteiger charge is 2.52. The van der Waals surface area contributed by atoms with E-state index in [1.54, 1.807) is 6.07 Å². The molecule has 0 unspecified atom stereocenters. The van der Waals surface area contributed by atoms with Crippen LogP contribution in [0.15, 0.2) is 22.7 Å². The summed E-state index contributed by atoms with van der Waals surface area (Å²) in [5.41, 5.74) is 4.80. The largest absolute Gasteiger partial charge is 0.469 e. The van der Waals surface area contributed by atoms with Crippen LogP contribution >= 0.6 is 15.9 Å². The number of hydrogen-bond acceptors (Lipinski definition) is 4. The number of anilines is 1. The summed E-state index contributed by atoms with van der Waals surface area (Å²) in [7, 11) is 1.30. The van der Waals surface area contributed by atoms with Gasteiger partial charge in [-0.1, -0.05) is 0 Å². The predicted octanol–water partition coefficient (Wildman–Crippen LogP) is 1.81. The minimum atomic E-state index is -1.03. The molecule has 5 nitrogen and oxygen atoms in total. The molecule has 0 atom stereocenters. The molecular formula is C13H14BrFN2O3. The Labute approximate surface area is 123 Å². The third kappa shape index (κ3) is 2.63. The van der Waals surface area contributed by atoms with Crippen molar-refractivity contribution in [2.75, 3.05) is 12.4 Å². The van der Waals surface area contributed by atoms with E-state index in [1.165, 1.54) is 19.2 Å². The Kier molecular flexibility index (Phi) is 3.99. The monoisotopic (exact) mass is 344 g/mol. The summed E-state index contributed by atoms with van der Waals surface area (Å²) >= 11 is 3.05. The van der Waals surface area contributed by atoms with Crippen molar-refractivity contribution in [1.29, 1.82) is 0 Å². The summed E-state index contributed by atoms with van der Waals surface area (Å²) in [4.78, 5) is 23.0. The van der Waals surface area contributed by atoms with Crippen LogP contribution in [-0.4, -0.2) is 24.5 Å². The number of ether oxygens (including phenoxy) is 1. The van der Waals surface area contributed by atoms with Gasteiger partial charge in [-0.3, -0.25) is 9.59 Å². The first-order valence-corrected chi connectivity index (χ1v) is 6.78. The van der Waals surface area contributed by atoms with Crippen LogP contribution < -0.4 is 11.1 Å². The maximum Gasteiger partial charge on any atom is 0.308 e. The molecule has 0 saturated heterocycles. The van der Waals surface area contributed by atoms with Gasteiger partial charge >= 0.3 is 5.97 Å². The van der Waals surface area contributed by atoms with Gasteiger partial charge in [0.1, 0.15) is 11.4 Å². The van der Waals surface area contributed by atoms with E-state index in [2.05, 4.69) is 26.0 Å². The number of halogens is 2. The van der Waals surface area contributed by atoms with Gasteiger partial charge in [0.05, 0.1) is 17.5 Å². The van der Waals surface area contributed by atoms with Crippen molar-refractivity contribution in [2.45, 2.75) is 18.4 Å². The lowest BCUT2D eigenvalue weighted by atomic mass is 9.67. The lowest BCUT2D eigenvalue weighted by molar-refractivity contribution is -0.152. The van der Waals surface area contributed by atoms with Crippen molar-refractivity contribution < 1.29 is 18.7 Å². The van der Waals surface area contributed by atoms with E-state index in [-0.39, 0.29) is 24.7 Å². The Bertz CT molecular complexity index is 559. The van der Waals surface area contributed by atoms with E-state index in [4.69, 9.17) is 5.73 Å². The molecule has 1 aromatic carbocycles. The molecule has 0 bridgehead atoms. The van der Waals surface area contributed by atoms with Crippen molar-refractivity contribution >= 4 is 33.5 Å². The second-order valence-electron chi connectivity index (χ2n) is 4.83. The molecule has 0 spiro atoms.